The monoisotopic (exact) mass is 429 g/mol. The Hall–Kier alpha value is -0.850. The van der Waals surface area contributed by atoms with Crippen molar-refractivity contribution in [2.75, 3.05) is 26.7 Å². The number of thiazole rings is 1. The topological polar surface area (TPSA) is 37.4 Å². The molecule has 1 N–H and O–H groups in total. The van der Waals surface area contributed by atoms with Gasteiger partial charge in [-0.3, -0.25) is 4.90 Å². The third kappa shape index (κ3) is 5.15. The fraction of sp³-hybridized carbons (Fsp3) is 0.550. The first-order valence-corrected chi connectivity index (χ1v) is 10.2. The number of nitrogens with one attached hydrogen (secondary N) is 1. The molecule has 0 radical (unpaired) electrons. The van der Waals surface area contributed by atoms with Crippen LogP contribution < -0.4 is 10.1 Å². The number of hydrogen-bond acceptors (Lipinski definition) is 5. The van der Waals surface area contributed by atoms with E-state index in [0.29, 0.717) is 12.0 Å². The van der Waals surface area contributed by atoms with Crippen molar-refractivity contribution in [2.24, 2.45) is 0 Å². The van der Waals surface area contributed by atoms with E-state index >= 15 is 0 Å². The highest BCUT2D eigenvalue weighted by atomic mass is 35.5. The molecule has 150 valence electrons. The Morgan fingerprint density at radius 3 is 2.78 bits per heavy atom. The second kappa shape index (κ2) is 10.6. The Balaban J connectivity index is 0.00000131. The molecule has 27 heavy (non-hydrogen) atoms. The predicted molar refractivity (Wildman–Crippen MR) is 117 cm³/mol. The van der Waals surface area contributed by atoms with Gasteiger partial charge < -0.3 is 10.1 Å². The first-order chi connectivity index (χ1) is 12.3. The van der Waals surface area contributed by atoms with Gasteiger partial charge in [0.25, 0.3) is 0 Å². The van der Waals surface area contributed by atoms with Gasteiger partial charge in [0, 0.05) is 43.0 Å². The van der Waals surface area contributed by atoms with Gasteiger partial charge in [0.1, 0.15) is 5.75 Å². The van der Waals surface area contributed by atoms with E-state index < -0.39 is 0 Å². The van der Waals surface area contributed by atoms with Crippen molar-refractivity contribution in [2.45, 2.75) is 44.2 Å². The van der Waals surface area contributed by atoms with Crippen LogP contribution in [-0.2, 0) is 6.54 Å². The summed E-state index contributed by atoms with van der Waals surface area (Å²) in [6.45, 7) is 3.96. The molecule has 2 aliphatic rings. The van der Waals surface area contributed by atoms with E-state index in [4.69, 9.17) is 9.72 Å². The van der Waals surface area contributed by atoms with E-state index in [1.807, 2.05) is 17.4 Å². The van der Waals surface area contributed by atoms with Crippen LogP contribution in [0.25, 0.3) is 0 Å². The number of benzene rings is 1. The molecule has 4 rings (SSSR count). The van der Waals surface area contributed by atoms with Gasteiger partial charge in [0.15, 0.2) is 0 Å². The van der Waals surface area contributed by atoms with Crippen LogP contribution in [0.4, 0.5) is 0 Å². The molecule has 0 spiro atoms. The van der Waals surface area contributed by atoms with E-state index in [-0.39, 0.29) is 24.8 Å². The quantitative estimate of drug-likeness (QED) is 0.740. The fourth-order valence-electron chi connectivity index (χ4n) is 4.15. The van der Waals surface area contributed by atoms with Crippen LogP contribution in [0, 0.1) is 0 Å². The van der Waals surface area contributed by atoms with E-state index in [0.717, 1.165) is 31.9 Å². The molecule has 2 heterocycles. The summed E-state index contributed by atoms with van der Waals surface area (Å²) in [7, 11) is 1.76. The smallest absolute Gasteiger partial charge is 0.123 e. The zero-order chi connectivity index (χ0) is 17.1. The summed E-state index contributed by atoms with van der Waals surface area (Å²) >= 11 is 1.86. The molecular weight excluding hydrogens is 401 g/mol. The SMILES string of the molecule is COc1ccccc1C1CNCCN1Cc1csc(C2CCCC2)n1.Cl.Cl. The number of aromatic nitrogens is 1. The highest BCUT2D eigenvalue weighted by Gasteiger charge is 2.27. The molecule has 1 aromatic heterocycles. The lowest BCUT2D eigenvalue weighted by atomic mass is 10.0. The molecule has 1 saturated carbocycles. The minimum atomic E-state index is 0. The summed E-state index contributed by atoms with van der Waals surface area (Å²) in [6, 6.07) is 8.72. The third-order valence-corrected chi connectivity index (χ3v) is 6.55. The number of hydrogen-bond donors (Lipinski definition) is 1. The van der Waals surface area contributed by atoms with E-state index in [1.54, 1.807) is 7.11 Å². The molecular formula is C20H29Cl2N3OS. The van der Waals surface area contributed by atoms with Crippen LogP contribution in [0.1, 0.15) is 53.9 Å². The molecule has 1 saturated heterocycles. The zero-order valence-electron chi connectivity index (χ0n) is 15.7. The normalized spacial score (nSPS) is 20.7. The Bertz CT molecular complexity index is 706. The van der Waals surface area contributed by atoms with E-state index in [2.05, 4.69) is 33.8 Å². The fourth-order valence-corrected chi connectivity index (χ4v) is 5.13. The molecule has 1 aromatic carbocycles. The summed E-state index contributed by atoms with van der Waals surface area (Å²) in [5, 5.41) is 7.17. The van der Waals surface area contributed by atoms with Crippen LogP contribution in [0.5, 0.6) is 5.75 Å². The number of piperazine rings is 1. The Morgan fingerprint density at radius 1 is 1.22 bits per heavy atom. The van der Waals surface area contributed by atoms with Crippen molar-refractivity contribution in [3.05, 3.63) is 45.9 Å². The first-order valence-electron chi connectivity index (χ1n) is 9.37. The number of ether oxygens (including phenoxy) is 1. The average molecular weight is 430 g/mol. The highest BCUT2D eigenvalue weighted by Crippen LogP contribution is 2.36. The average Bonchev–Trinajstić information content (AvgIpc) is 3.34. The zero-order valence-corrected chi connectivity index (χ0v) is 18.2. The lowest BCUT2D eigenvalue weighted by molar-refractivity contribution is 0.149. The number of methoxy groups -OCH3 is 1. The second-order valence-corrected chi connectivity index (χ2v) is 7.98. The standard InChI is InChI=1S/C20H27N3OS.2ClH/c1-24-19-9-5-4-8-17(19)18-12-21-10-11-23(18)13-16-14-25-20(22-16)15-6-2-3-7-15;;/h4-5,8-9,14-15,18,21H,2-3,6-7,10-13H2,1H3;2*1H. The van der Waals surface area contributed by atoms with Crippen LogP contribution in [0.2, 0.25) is 0 Å². The lowest BCUT2D eigenvalue weighted by Gasteiger charge is -2.36. The molecule has 4 nitrogen and oxygen atoms in total. The first kappa shape index (κ1) is 22.4. The minimum Gasteiger partial charge on any atom is -0.496 e. The predicted octanol–water partition coefficient (Wildman–Crippen LogP) is 4.80. The maximum Gasteiger partial charge on any atom is 0.123 e. The number of halogens is 2. The van der Waals surface area contributed by atoms with Gasteiger partial charge in [0.2, 0.25) is 0 Å². The van der Waals surface area contributed by atoms with Gasteiger partial charge in [-0.2, -0.15) is 0 Å². The van der Waals surface area contributed by atoms with Crippen LogP contribution in [0.3, 0.4) is 0 Å². The molecule has 2 aromatic rings. The molecule has 1 atom stereocenters. The van der Waals surface area contributed by atoms with Gasteiger partial charge in [-0.05, 0) is 18.9 Å². The molecule has 0 amide bonds. The Labute approximate surface area is 178 Å². The largest absolute Gasteiger partial charge is 0.496 e. The molecule has 2 fully saturated rings. The number of para-hydroxylation sites is 1. The summed E-state index contributed by atoms with van der Waals surface area (Å²) < 4.78 is 5.60. The molecule has 0 bridgehead atoms. The molecule has 1 unspecified atom stereocenters. The van der Waals surface area contributed by atoms with Crippen molar-refractivity contribution >= 4 is 36.2 Å². The lowest BCUT2D eigenvalue weighted by Crippen LogP contribution is -2.45. The maximum absolute atomic E-state index is 5.60. The highest BCUT2D eigenvalue weighted by molar-refractivity contribution is 7.09. The second-order valence-electron chi connectivity index (χ2n) is 7.09. The summed E-state index contributed by atoms with van der Waals surface area (Å²) in [6.07, 6.45) is 5.38. The molecule has 1 aliphatic carbocycles. The van der Waals surface area contributed by atoms with Crippen LogP contribution >= 0.6 is 36.2 Å². The summed E-state index contributed by atoms with van der Waals surface area (Å²) in [5.74, 6) is 1.69. The number of nitrogens with zero attached hydrogens (tertiary/aromatic N) is 2. The van der Waals surface area contributed by atoms with Crippen molar-refractivity contribution < 1.29 is 4.74 Å². The van der Waals surface area contributed by atoms with Gasteiger partial charge >= 0.3 is 0 Å². The third-order valence-electron chi connectivity index (χ3n) is 5.49. The van der Waals surface area contributed by atoms with Gasteiger partial charge in [0.05, 0.1) is 23.9 Å². The molecule has 1 aliphatic heterocycles. The van der Waals surface area contributed by atoms with Crippen LogP contribution in [0.15, 0.2) is 29.6 Å². The van der Waals surface area contributed by atoms with E-state index in [9.17, 15) is 0 Å². The van der Waals surface area contributed by atoms with Crippen LogP contribution in [-0.4, -0.2) is 36.6 Å². The van der Waals surface area contributed by atoms with Gasteiger partial charge in [-0.25, -0.2) is 4.98 Å². The maximum atomic E-state index is 5.60. The molecule has 7 heteroatoms. The van der Waals surface area contributed by atoms with Crippen molar-refractivity contribution in [1.29, 1.82) is 0 Å². The van der Waals surface area contributed by atoms with E-state index in [1.165, 1.54) is 41.9 Å². The van der Waals surface area contributed by atoms with Crippen molar-refractivity contribution in [3.8, 4) is 5.75 Å². The number of rotatable bonds is 5. The van der Waals surface area contributed by atoms with Gasteiger partial charge in [-0.1, -0.05) is 31.0 Å². The van der Waals surface area contributed by atoms with Crippen molar-refractivity contribution in [1.82, 2.24) is 15.2 Å². The Kier molecular flexibility index (Phi) is 8.83. The Morgan fingerprint density at radius 2 is 2.00 bits per heavy atom. The summed E-state index contributed by atoms with van der Waals surface area (Å²) in [4.78, 5) is 7.53. The summed E-state index contributed by atoms with van der Waals surface area (Å²) in [5.41, 5.74) is 2.50. The van der Waals surface area contributed by atoms with Crippen molar-refractivity contribution in [3.63, 3.8) is 0 Å². The van der Waals surface area contributed by atoms with Gasteiger partial charge in [-0.15, -0.1) is 36.2 Å². The minimum absolute atomic E-state index is 0.